The molecule has 0 aliphatic heterocycles. The molecular weight excluding hydrogens is 258 g/mol. The van der Waals surface area contributed by atoms with Gasteiger partial charge in [0.2, 0.25) is 0 Å². The Morgan fingerprint density at radius 2 is 1.74 bits per heavy atom. The standard InChI is InChI=1S/C15H25NO2S/c1-4-11-19(17,18)15-10-8-7-9-14(15)16-12-13(5-2)6-3/h7-10,13,16H,4-6,11-12H2,1-3H3. The van der Waals surface area contributed by atoms with Crippen LogP contribution in [0.2, 0.25) is 0 Å². The summed E-state index contributed by atoms with van der Waals surface area (Å²) in [5.41, 5.74) is 0.739. The van der Waals surface area contributed by atoms with Crippen LogP contribution in [0.4, 0.5) is 5.69 Å². The predicted octanol–water partition coefficient (Wildman–Crippen LogP) is 3.72. The van der Waals surface area contributed by atoms with E-state index in [0.717, 1.165) is 25.1 Å². The van der Waals surface area contributed by atoms with Crippen molar-refractivity contribution < 1.29 is 8.42 Å². The van der Waals surface area contributed by atoms with Crippen molar-refractivity contribution in [3.8, 4) is 0 Å². The maximum atomic E-state index is 12.2. The summed E-state index contributed by atoms with van der Waals surface area (Å²) in [7, 11) is -3.16. The Morgan fingerprint density at radius 3 is 2.32 bits per heavy atom. The van der Waals surface area contributed by atoms with Crippen molar-refractivity contribution in [2.75, 3.05) is 17.6 Å². The fourth-order valence-electron chi connectivity index (χ4n) is 2.09. The molecule has 0 radical (unpaired) electrons. The maximum absolute atomic E-state index is 12.2. The fraction of sp³-hybridized carbons (Fsp3) is 0.600. The topological polar surface area (TPSA) is 46.2 Å². The van der Waals surface area contributed by atoms with Crippen molar-refractivity contribution in [1.82, 2.24) is 0 Å². The molecule has 0 bridgehead atoms. The molecule has 1 aromatic rings. The van der Waals surface area contributed by atoms with Gasteiger partial charge in [-0.05, 0) is 24.5 Å². The van der Waals surface area contributed by atoms with E-state index in [2.05, 4.69) is 19.2 Å². The zero-order valence-electron chi connectivity index (χ0n) is 12.1. The van der Waals surface area contributed by atoms with Crippen molar-refractivity contribution in [2.24, 2.45) is 5.92 Å². The minimum atomic E-state index is -3.16. The molecule has 0 saturated carbocycles. The molecule has 0 saturated heterocycles. The molecule has 0 amide bonds. The van der Waals surface area contributed by atoms with Crippen molar-refractivity contribution in [1.29, 1.82) is 0 Å². The lowest BCUT2D eigenvalue weighted by Crippen LogP contribution is -2.15. The van der Waals surface area contributed by atoms with Gasteiger partial charge in [0.15, 0.2) is 9.84 Å². The van der Waals surface area contributed by atoms with Gasteiger partial charge in [0.25, 0.3) is 0 Å². The van der Waals surface area contributed by atoms with Gasteiger partial charge in [-0.25, -0.2) is 8.42 Å². The summed E-state index contributed by atoms with van der Waals surface area (Å²) >= 11 is 0. The molecule has 0 spiro atoms. The van der Waals surface area contributed by atoms with Crippen LogP contribution in [0.25, 0.3) is 0 Å². The molecule has 0 aliphatic rings. The predicted molar refractivity (Wildman–Crippen MR) is 81.3 cm³/mol. The van der Waals surface area contributed by atoms with E-state index >= 15 is 0 Å². The maximum Gasteiger partial charge on any atom is 0.180 e. The second-order valence-electron chi connectivity index (χ2n) is 4.88. The lowest BCUT2D eigenvalue weighted by molar-refractivity contribution is 0.518. The van der Waals surface area contributed by atoms with Crippen LogP contribution in [0.15, 0.2) is 29.2 Å². The van der Waals surface area contributed by atoms with Gasteiger partial charge in [-0.1, -0.05) is 45.7 Å². The number of hydrogen-bond donors (Lipinski definition) is 1. The number of nitrogens with one attached hydrogen (secondary N) is 1. The summed E-state index contributed by atoms with van der Waals surface area (Å²) in [6.07, 6.45) is 2.85. The van der Waals surface area contributed by atoms with Crippen LogP contribution in [0.1, 0.15) is 40.0 Å². The molecule has 19 heavy (non-hydrogen) atoms. The zero-order chi connectivity index (χ0) is 14.3. The second kappa shape index (κ2) is 7.53. The Bertz CT molecular complexity index is 479. The first kappa shape index (κ1) is 16.0. The summed E-state index contributed by atoms with van der Waals surface area (Å²) < 4.78 is 24.4. The molecule has 0 aliphatic carbocycles. The Morgan fingerprint density at radius 1 is 1.11 bits per heavy atom. The number of benzene rings is 1. The van der Waals surface area contributed by atoms with Gasteiger partial charge in [-0.15, -0.1) is 0 Å². The smallest absolute Gasteiger partial charge is 0.180 e. The summed E-state index contributed by atoms with van der Waals surface area (Å²) in [4.78, 5) is 0.433. The van der Waals surface area contributed by atoms with Crippen LogP contribution in [-0.4, -0.2) is 20.7 Å². The third kappa shape index (κ3) is 4.53. The summed E-state index contributed by atoms with van der Waals surface area (Å²) in [5.74, 6) is 0.790. The molecule has 4 heteroatoms. The Hall–Kier alpha value is -1.03. The highest BCUT2D eigenvalue weighted by Crippen LogP contribution is 2.23. The molecule has 0 unspecified atom stereocenters. The minimum absolute atomic E-state index is 0.205. The third-order valence-electron chi connectivity index (χ3n) is 3.43. The van der Waals surface area contributed by atoms with Gasteiger partial charge in [0.1, 0.15) is 0 Å². The van der Waals surface area contributed by atoms with Crippen LogP contribution >= 0.6 is 0 Å². The second-order valence-corrected chi connectivity index (χ2v) is 6.96. The number of para-hydroxylation sites is 1. The molecule has 1 N–H and O–H groups in total. The van der Waals surface area contributed by atoms with Gasteiger partial charge < -0.3 is 5.32 Å². The number of hydrogen-bond acceptors (Lipinski definition) is 3. The van der Waals surface area contributed by atoms with Crippen molar-refractivity contribution in [3.63, 3.8) is 0 Å². The Kier molecular flexibility index (Phi) is 6.35. The molecule has 0 atom stereocenters. The highest BCUT2D eigenvalue weighted by molar-refractivity contribution is 7.91. The van der Waals surface area contributed by atoms with Gasteiger partial charge in [0.05, 0.1) is 16.3 Å². The largest absolute Gasteiger partial charge is 0.384 e. The summed E-state index contributed by atoms with van der Waals surface area (Å²) in [5, 5.41) is 3.30. The Balaban J connectivity index is 2.90. The number of sulfone groups is 1. The molecule has 108 valence electrons. The Labute approximate surface area is 117 Å². The third-order valence-corrected chi connectivity index (χ3v) is 5.40. The molecule has 3 nitrogen and oxygen atoms in total. The van der Waals surface area contributed by atoms with Crippen molar-refractivity contribution >= 4 is 15.5 Å². The van der Waals surface area contributed by atoms with E-state index in [1.165, 1.54) is 0 Å². The van der Waals surface area contributed by atoms with E-state index in [-0.39, 0.29) is 5.75 Å². The molecule has 1 rings (SSSR count). The lowest BCUT2D eigenvalue weighted by atomic mass is 10.0. The van der Waals surface area contributed by atoms with E-state index in [0.29, 0.717) is 17.2 Å². The van der Waals surface area contributed by atoms with Crippen LogP contribution in [0, 0.1) is 5.92 Å². The van der Waals surface area contributed by atoms with E-state index in [1.54, 1.807) is 12.1 Å². The molecule has 0 fully saturated rings. The monoisotopic (exact) mass is 283 g/mol. The highest BCUT2D eigenvalue weighted by Gasteiger charge is 2.17. The minimum Gasteiger partial charge on any atom is -0.384 e. The van der Waals surface area contributed by atoms with E-state index in [1.807, 2.05) is 19.1 Å². The van der Waals surface area contributed by atoms with Gasteiger partial charge in [-0.2, -0.15) is 0 Å². The van der Waals surface area contributed by atoms with Gasteiger partial charge in [-0.3, -0.25) is 0 Å². The van der Waals surface area contributed by atoms with E-state index in [9.17, 15) is 8.42 Å². The van der Waals surface area contributed by atoms with E-state index < -0.39 is 9.84 Å². The van der Waals surface area contributed by atoms with Crippen LogP contribution in [-0.2, 0) is 9.84 Å². The van der Waals surface area contributed by atoms with E-state index in [4.69, 9.17) is 0 Å². The fourth-order valence-corrected chi connectivity index (χ4v) is 3.61. The zero-order valence-corrected chi connectivity index (χ0v) is 13.0. The van der Waals surface area contributed by atoms with Crippen LogP contribution in [0.3, 0.4) is 0 Å². The molecule has 1 aromatic carbocycles. The van der Waals surface area contributed by atoms with Gasteiger partial charge in [0, 0.05) is 6.54 Å². The van der Waals surface area contributed by atoms with Gasteiger partial charge >= 0.3 is 0 Å². The normalized spacial score (nSPS) is 11.8. The molecule has 0 heterocycles. The first-order valence-corrected chi connectivity index (χ1v) is 8.76. The molecular formula is C15H25NO2S. The average molecular weight is 283 g/mol. The average Bonchev–Trinajstić information content (AvgIpc) is 2.40. The van der Waals surface area contributed by atoms with Crippen LogP contribution in [0.5, 0.6) is 0 Å². The quantitative estimate of drug-likeness (QED) is 0.791. The summed E-state index contributed by atoms with van der Waals surface area (Å²) in [6, 6.07) is 7.20. The number of rotatable bonds is 8. The molecule has 0 aromatic heterocycles. The first-order chi connectivity index (χ1) is 9.05. The SMILES string of the molecule is CCCS(=O)(=O)c1ccccc1NCC(CC)CC. The summed E-state index contributed by atoms with van der Waals surface area (Å²) in [6.45, 7) is 7.04. The van der Waals surface area contributed by atoms with Crippen LogP contribution < -0.4 is 5.32 Å². The van der Waals surface area contributed by atoms with Crippen molar-refractivity contribution in [3.05, 3.63) is 24.3 Å². The lowest BCUT2D eigenvalue weighted by Gasteiger charge is -2.16. The first-order valence-electron chi connectivity index (χ1n) is 7.10. The van der Waals surface area contributed by atoms with Crippen molar-refractivity contribution in [2.45, 2.75) is 44.9 Å². The number of anilines is 1. The highest BCUT2D eigenvalue weighted by atomic mass is 32.2.